The molecule has 98 valence electrons. The molecule has 2 atom stereocenters. The van der Waals surface area contributed by atoms with Crippen LogP contribution in [0.25, 0.3) is 0 Å². The van der Waals surface area contributed by atoms with Crippen molar-refractivity contribution < 1.29 is 9.15 Å². The predicted octanol–water partition coefficient (Wildman–Crippen LogP) is 2.62. The van der Waals surface area contributed by atoms with Gasteiger partial charge in [-0.05, 0) is 20.3 Å². The molecule has 5 nitrogen and oxygen atoms in total. The Morgan fingerprint density at radius 3 is 2.59 bits per heavy atom. The fourth-order valence-electron chi connectivity index (χ4n) is 1.42. The van der Waals surface area contributed by atoms with Gasteiger partial charge in [-0.25, -0.2) is 0 Å². The minimum Gasteiger partial charge on any atom is -0.406 e. The lowest BCUT2D eigenvalue weighted by atomic mass is 10.2. The predicted molar refractivity (Wildman–Crippen MR) is 67.5 cm³/mol. The summed E-state index contributed by atoms with van der Waals surface area (Å²) >= 11 is 5.90. The summed E-state index contributed by atoms with van der Waals surface area (Å²) < 4.78 is 10.6. The Morgan fingerprint density at radius 2 is 2.12 bits per heavy atom. The number of nitrogens with zero attached hydrogens (tertiary/aromatic N) is 3. The van der Waals surface area contributed by atoms with E-state index in [1.54, 1.807) is 7.11 Å². The van der Waals surface area contributed by atoms with Crippen LogP contribution in [-0.4, -0.2) is 36.5 Å². The van der Waals surface area contributed by atoms with Crippen molar-refractivity contribution in [3.05, 3.63) is 5.89 Å². The second kappa shape index (κ2) is 6.81. The van der Waals surface area contributed by atoms with Gasteiger partial charge < -0.3 is 14.1 Å². The van der Waals surface area contributed by atoms with E-state index in [4.69, 9.17) is 20.8 Å². The van der Waals surface area contributed by atoms with Crippen molar-refractivity contribution in [2.24, 2.45) is 0 Å². The molecule has 0 N–H and O–H groups in total. The summed E-state index contributed by atoms with van der Waals surface area (Å²) in [6, 6.07) is 0.836. The zero-order chi connectivity index (χ0) is 12.8. The smallest absolute Gasteiger partial charge is 0.318 e. The summed E-state index contributed by atoms with van der Waals surface area (Å²) in [5.41, 5.74) is 0. The lowest BCUT2D eigenvalue weighted by molar-refractivity contribution is 0.201. The Bertz CT molecular complexity index is 330. The van der Waals surface area contributed by atoms with E-state index in [1.807, 2.05) is 11.8 Å². The summed E-state index contributed by atoms with van der Waals surface area (Å²) in [7, 11) is 1.68. The van der Waals surface area contributed by atoms with Crippen molar-refractivity contribution in [1.82, 2.24) is 10.2 Å². The summed E-state index contributed by atoms with van der Waals surface area (Å²) in [5, 5.41) is 7.69. The van der Waals surface area contributed by atoms with Crippen LogP contribution in [0.4, 0.5) is 6.01 Å². The van der Waals surface area contributed by atoms with Crippen LogP contribution in [0.15, 0.2) is 4.42 Å². The van der Waals surface area contributed by atoms with Gasteiger partial charge >= 0.3 is 6.01 Å². The highest BCUT2D eigenvalue weighted by Gasteiger charge is 2.20. The number of hydrogen-bond acceptors (Lipinski definition) is 5. The summed E-state index contributed by atoms with van der Waals surface area (Å²) in [6.45, 7) is 7.39. The lowest BCUT2D eigenvalue weighted by Gasteiger charge is -2.25. The normalized spacial score (nSPS) is 14.6. The highest BCUT2D eigenvalue weighted by atomic mass is 35.5. The first kappa shape index (κ1) is 14.3. The van der Waals surface area contributed by atoms with Crippen LogP contribution < -0.4 is 4.90 Å². The first-order valence-corrected chi connectivity index (χ1v) is 6.26. The number of ether oxygens (including phenoxy) is 1. The van der Waals surface area contributed by atoms with Crippen LogP contribution >= 0.6 is 11.6 Å². The molecule has 1 aromatic heterocycles. The van der Waals surface area contributed by atoms with E-state index in [9.17, 15) is 0 Å². The second-order valence-electron chi connectivity index (χ2n) is 3.98. The van der Waals surface area contributed by atoms with E-state index in [0.717, 1.165) is 13.0 Å². The van der Waals surface area contributed by atoms with Crippen LogP contribution in [0.1, 0.15) is 38.5 Å². The van der Waals surface area contributed by atoms with Gasteiger partial charge in [-0.3, -0.25) is 0 Å². The Morgan fingerprint density at radius 1 is 1.41 bits per heavy atom. The van der Waals surface area contributed by atoms with Gasteiger partial charge in [-0.15, -0.1) is 16.7 Å². The summed E-state index contributed by atoms with van der Waals surface area (Å²) in [6.07, 6.45) is 0.998. The number of hydrogen-bond donors (Lipinski definition) is 0. The number of aromatic nitrogens is 2. The maximum atomic E-state index is 5.90. The fraction of sp³-hybridized carbons (Fsp3) is 0.818. The number of anilines is 1. The van der Waals surface area contributed by atoms with Gasteiger partial charge in [0.25, 0.3) is 0 Å². The van der Waals surface area contributed by atoms with Crippen LogP contribution in [0.5, 0.6) is 0 Å². The molecule has 0 bridgehead atoms. The van der Waals surface area contributed by atoms with Gasteiger partial charge in [0.15, 0.2) is 0 Å². The molecule has 17 heavy (non-hydrogen) atoms. The molecular weight excluding hydrogens is 242 g/mol. The molecule has 1 aromatic rings. The molecule has 0 aliphatic heterocycles. The molecule has 0 radical (unpaired) electrons. The van der Waals surface area contributed by atoms with Crippen LogP contribution in [0.2, 0.25) is 0 Å². The monoisotopic (exact) mass is 261 g/mol. The maximum Gasteiger partial charge on any atom is 0.318 e. The molecule has 0 saturated carbocycles. The Balaban J connectivity index is 2.80. The van der Waals surface area contributed by atoms with Crippen molar-refractivity contribution in [2.75, 3.05) is 25.2 Å². The largest absolute Gasteiger partial charge is 0.406 e. The molecule has 0 aliphatic carbocycles. The SMILES string of the molecule is CCC(C)N(CCOC)c1nnc(C(C)Cl)o1. The third-order valence-corrected chi connectivity index (χ3v) is 2.86. The van der Waals surface area contributed by atoms with Gasteiger partial charge in [0, 0.05) is 19.7 Å². The maximum absolute atomic E-state index is 5.90. The van der Waals surface area contributed by atoms with Crippen molar-refractivity contribution in [1.29, 1.82) is 0 Å². The van der Waals surface area contributed by atoms with E-state index in [2.05, 4.69) is 24.0 Å². The van der Waals surface area contributed by atoms with Crippen LogP contribution in [0, 0.1) is 0 Å². The fourth-order valence-corrected chi connectivity index (χ4v) is 1.51. The average Bonchev–Trinajstić information content (AvgIpc) is 2.78. The van der Waals surface area contributed by atoms with Gasteiger partial charge in [-0.2, -0.15) is 0 Å². The molecule has 0 spiro atoms. The second-order valence-corrected chi connectivity index (χ2v) is 4.64. The molecule has 1 heterocycles. The van der Waals surface area contributed by atoms with Gasteiger partial charge in [-0.1, -0.05) is 12.0 Å². The Kier molecular flexibility index (Phi) is 5.71. The van der Waals surface area contributed by atoms with E-state index in [0.29, 0.717) is 24.6 Å². The standard InChI is InChI=1S/C11H20ClN3O2/c1-5-8(2)15(6-7-16-4)11-14-13-10(17-11)9(3)12/h8-9H,5-7H2,1-4H3. The zero-order valence-electron chi connectivity index (χ0n) is 10.8. The first-order valence-electron chi connectivity index (χ1n) is 5.83. The van der Waals surface area contributed by atoms with Crippen molar-refractivity contribution >= 4 is 17.6 Å². The third kappa shape index (κ3) is 3.85. The molecule has 0 fully saturated rings. The van der Waals surface area contributed by atoms with E-state index < -0.39 is 0 Å². The van der Waals surface area contributed by atoms with Gasteiger partial charge in [0.05, 0.1) is 6.61 Å². The molecule has 0 saturated heterocycles. The van der Waals surface area contributed by atoms with Crippen molar-refractivity contribution in [3.8, 4) is 0 Å². The Hall–Kier alpha value is -0.810. The highest BCUT2D eigenvalue weighted by Crippen LogP contribution is 2.23. The van der Waals surface area contributed by atoms with Gasteiger partial charge in [0.1, 0.15) is 5.38 Å². The van der Waals surface area contributed by atoms with E-state index >= 15 is 0 Å². The van der Waals surface area contributed by atoms with Crippen molar-refractivity contribution in [2.45, 2.75) is 38.6 Å². The quantitative estimate of drug-likeness (QED) is 0.706. The minimum absolute atomic E-state index is 0.266. The molecule has 6 heteroatoms. The number of halogens is 1. The van der Waals surface area contributed by atoms with Crippen LogP contribution in [0.3, 0.4) is 0 Å². The summed E-state index contributed by atoms with van der Waals surface area (Å²) in [5.74, 6) is 0.451. The molecular formula is C11H20ClN3O2. The molecule has 0 aliphatic rings. The van der Waals surface area contributed by atoms with Gasteiger partial charge in [0.2, 0.25) is 5.89 Å². The number of rotatable bonds is 7. The van der Waals surface area contributed by atoms with Crippen molar-refractivity contribution in [3.63, 3.8) is 0 Å². The molecule has 0 amide bonds. The summed E-state index contributed by atoms with van der Waals surface area (Å²) in [4.78, 5) is 2.04. The van der Waals surface area contributed by atoms with Crippen LogP contribution in [-0.2, 0) is 4.74 Å². The zero-order valence-corrected chi connectivity index (χ0v) is 11.6. The number of alkyl halides is 1. The molecule has 2 unspecified atom stereocenters. The Labute approximate surface area is 107 Å². The first-order chi connectivity index (χ1) is 8.10. The third-order valence-electron chi connectivity index (χ3n) is 2.68. The topological polar surface area (TPSA) is 51.4 Å². The van der Waals surface area contributed by atoms with E-state index in [1.165, 1.54) is 0 Å². The highest BCUT2D eigenvalue weighted by molar-refractivity contribution is 6.20. The number of methoxy groups -OCH3 is 1. The average molecular weight is 262 g/mol. The molecule has 1 rings (SSSR count). The minimum atomic E-state index is -0.266. The lowest BCUT2D eigenvalue weighted by Crippen LogP contribution is -2.35. The van der Waals surface area contributed by atoms with E-state index in [-0.39, 0.29) is 5.38 Å². The molecule has 0 aromatic carbocycles.